The molecular weight excluding hydrogens is 402 g/mol. The number of methoxy groups -OCH3 is 1. The van der Waals surface area contributed by atoms with Crippen LogP contribution in [0.5, 0.6) is 5.75 Å². The fourth-order valence-corrected chi connectivity index (χ4v) is 3.64. The molecule has 0 fully saturated rings. The fraction of sp³-hybridized carbons (Fsp3) is 0.240. The normalized spacial score (nSPS) is 11.2. The van der Waals surface area contributed by atoms with Gasteiger partial charge in [0.25, 0.3) is 5.91 Å². The molecule has 0 spiro atoms. The summed E-state index contributed by atoms with van der Waals surface area (Å²) in [6, 6.07) is 11.8. The summed E-state index contributed by atoms with van der Waals surface area (Å²) in [5.74, 6) is 0.750. The molecule has 0 saturated heterocycles. The summed E-state index contributed by atoms with van der Waals surface area (Å²) in [7, 11) is 7.46. The Morgan fingerprint density at radius 2 is 1.78 bits per heavy atom. The maximum absolute atomic E-state index is 12.9. The highest BCUT2D eigenvalue weighted by molar-refractivity contribution is 5.98. The average molecular weight is 430 g/mol. The standard InChI is InChI=1S/C25H27N5O2/c1-29(2)9-10-30(3)25(31)19-11-17(13-26-14-19)18-12-21-22(16-28-24(21)27-15-18)20-7-5-6-8-23(20)32-4/h5-8,11-16H,9-10H2,1-4H3,(H,27,28). The van der Waals surface area contributed by atoms with Crippen LogP contribution in [0.2, 0.25) is 0 Å². The van der Waals surface area contributed by atoms with Gasteiger partial charge >= 0.3 is 0 Å². The van der Waals surface area contributed by atoms with Crippen LogP contribution in [-0.2, 0) is 0 Å². The molecule has 1 amide bonds. The number of para-hydroxylation sites is 1. The summed E-state index contributed by atoms with van der Waals surface area (Å²) in [5.41, 5.74) is 5.09. The van der Waals surface area contributed by atoms with Crippen molar-refractivity contribution in [3.05, 3.63) is 66.7 Å². The Morgan fingerprint density at radius 3 is 2.56 bits per heavy atom. The predicted octanol–water partition coefficient (Wildman–Crippen LogP) is 3.93. The van der Waals surface area contributed by atoms with Crippen molar-refractivity contribution in [2.24, 2.45) is 0 Å². The lowest BCUT2D eigenvalue weighted by Crippen LogP contribution is -2.33. The molecule has 0 unspecified atom stereocenters. The maximum atomic E-state index is 12.9. The first-order chi connectivity index (χ1) is 15.5. The number of aromatic nitrogens is 3. The Hall–Kier alpha value is -3.71. The van der Waals surface area contributed by atoms with Crippen molar-refractivity contribution < 1.29 is 9.53 Å². The quantitative estimate of drug-likeness (QED) is 0.482. The molecule has 0 saturated carbocycles. The van der Waals surface area contributed by atoms with Crippen LogP contribution in [-0.4, -0.2) is 72.0 Å². The number of ether oxygens (including phenoxy) is 1. The summed E-state index contributed by atoms with van der Waals surface area (Å²) in [5, 5.41) is 0.979. The zero-order chi connectivity index (χ0) is 22.7. The number of carbonyl (C=O) groups is 1. The van der Waals surface area contributed by atoms with E-state index in [1.165, 1.54) is 0 Å². The number of nitrogens with one attached hydrogen (secondary N) is 1. The number of amides is 1. The monoisotopic (exact) mass is 429 g/mol. The summed E-state index contributed by atoms with van der Waals surface area (Å²) in [6.07, 6.45) is 7.11. The van der Waals surface area contributed by atoms with Gasteiger partial charge in [0.05, 0.1) is 12.7 Å². The number of carbonyl (C=O) groups excluding carboxylic acids is 1. The van der Waals surface area contributed by atoms with Gasteiger partial charge in [0.15, 0.2) is 0 Å². The van der Waals surface area contributed by atoms with Crippen molar-refractivity contribution in [2.75, 3.05) is 41.3 Å². The highest BCUT2D eigenvalue weighted by atomic mass is 16.5. The van der Waals surface area contributed by atoms with Crippen molar-refractivity contribution in [3.63, 3.8) is 0 Å². The predicted molar refractivity (Wildman–Crippen MR) is 127 cm³/mol. The maximum Gasteiger partial charge on any atom is 0.255 e. The zero-order valence-electron chi connectivity index (χ0n) is 18.8. The second kappa shape index (κ2) is 9.20. The summed E-state index contributed by atoms with van der Waals surface area (Å²) < 4.78 is 5.54. The van der Waals surface area contributed by atoms with Crippen LogP contribution in [0.25, 0.3) is 33.3 Å². The van der Waals surface area contributed by atoms with Crippen LogP contribution in [0.1, 0.15) is 10.4 Å². The lowest BCUT2D eigenvalue weighted by Gasteiger charge is -2.19. The molecule has 0 radical (unpaired) electrons. The first kappa shape index (κ1) is 21.5. The third-order valence-electron chi connectivity index (χ3n) is 5.48. The Labute approximate surface area is 187 Å². The molecular formula is C25H27N5O2. The minimum Gasteiger partial charge on any atom is -0.496 e. The van der Waals surface area contributed by atoms with Gasteiger partial charge in [0.2, 0.25) is 0 Å². The smallest absolute Gasteiger partial charge is 0.255 e. The molecule has 32 heavy (non-hydrogen) atoms. The minimum atomic E-state index is -0.0495. The Balaban J connectivity index is 1.69. The molecule has 4 aromatic rings. The lowest BCUT2D eigenvalue weighted by atomic mass is 10.0. The van der Waals surface area contributed by atoms with Crippen LogP contribution in [0.15, 0.2) is 61.2 Å². The van der Waals surface area contributed by atoms with E-state index < -0.39 is 0 Å². The third-order valence-corrected chi connectivity index (χ3v) is 5.48. The van der Waals surface area contributed by atoms with Gasteiger partial charge in [-0.1, -0.05) is 18.2 Å². The molecule has 7 heteroatoms. The number of hydrogen-bond donors (Lipinski definition) is 1. The average Bonchev–Trinajstić information content (AvgIpc) is 3.25. The van der Waals surface area contributed by atoms with Crippen LogP contribution in [0, 0.1) is 0 Å². The van der Waals surface area contributed by atoms with Gasteiger partial charge in [-0.25, -0.2) is 4.98 Å². The van der Waals surface area contributed by atoms with Gasteiger partial charge in [0.1, 0.15) is 11.4 Å². The Kier molecular flexibility index (Phi) is 6.18. The van der Waals surface area contributed by atoms with Crippen molar-refractivity contribution in [1.82, 2.24) is 24.8 Å². The number of hydrogen-bond acceptors (Lipinski definition) is 5. The number of rotatable bonds is 7. The third kappa shape index (κ3) is 4.33. The SMILES string of the molecule is COc1ccccc1-c1c[nH]c2ncc(-c3cncc(C(=O)N(C)CCN(C)C)c3)cc12. The molecule has 0 aliphatic heterocycles. The summed E-state index contributed by atoms with van der Waals surface area (Å²) >= 11 is 0. The van der Waals surface area contributed by atoms with Gasteiger partial charge in [-0.05, 0) is 32.3 Å². The molecule has 164 valence electrons. The molecule has 3 aromatic heterocycles. The van der Waals surface area contributed by atoms with Crippen LogP contribution < -0.4 is 4.74 Å². The van der Waals surface area contributed by atoms with Gasteiger partial charge in [0, 0.05) is 72.6 Å². The number of pyridine rings is 2. The van der Waals surface area contributed by atoms with E-state index in [-0.39, 0.29) is 5.91 Å². The number of H-pyrrole nitrogens is 1. The van der Waals surface area contributed by atoms with E-state index in [4.69, 9.17) is 4.74 Å². The largest absolute Gasteiger partial charge is 0.496 e. The lowest BCUT2D eigenvalue weighted by molar-refractivity contribution is 0.0786. The van der Waals surface area contributed by atoms with E-state index in [1.54, 1.807) is 30.6 Å². The topological polar surface area (TPSA) is 74.3 Å². The van der Waals surface area contributed by atoms with Gasteiger partial charge in [-0.2, -0.15) is 0 Å². The van der Waals surface area contributed by atoms with E-state index in [9.17, 15) is 4.79 Å². The summed E-state index contributed by atoms with van der Waals surface area (Å²) in [4.78, 5) is 28.8. The van der Waals surface area contributed by atoms with Gasteiger partial charge in [-0.15, -0.1) is 0 Å². The molecule has 1 N–H and O–H groups in total. The number of nitrogens with zero attached hydrogens (tertiary/aromatic N) is 4. The van der Waals surface area contributed by atoms with Crippen molar-refractivity contribution in [3.8, 4) is 28.0 Å². The molecule has 4 rings (SSSR count). The van der Waals surface area contributed by atoms with E-state index in [1.807, 2.05) is 57.7 Å². The van der Waals surface area contributed by atoms with Crippen molar-refractivity contribution in [2.45, 2.75) is 0 Å². The number of aromatic amines is 1. The van der Waals surface area contributed by atoms with Crippen molar-refractivity contribution in [1.29, 1.82) is 0 Å². The summed E-state index contributed by atoms with van der Waals surface area (Å²) in [6.45, 7) is 1.45. The number of fused-ring (bicyclic) bond motifs is 1. The molecule has 0 aliphatic carbocycles. The van der Waals surface area contributed by atoms with Crippen LogP contribution in [0.3, 0.4) is 0 Å². The molecule has 1 aromatic carbocycles. The van der Waals surface area contributed by atoms with Crippen molar-refractivity contribution >= 4 is 16.9 Å². The van der Waals surface area contributed by atoms with E-state index in [2.05, 4.69) is 25.9 Å². The first-order valence-electron chi connectivity index (χ1n) is 10.4. The molecule has 0 aliphatic rings. The van der Waals surface area contributed by atoms with Crippen LogP contribution in [0.4, 0.5) is 0 Å². The number of likely N-dealkylation sites (N-methyl/N-ethyl adjacent to an activating group) is 2. The molecule has 3 heterocycles. The fourth-order valence-electron chi connectivity index (χ4n) is 3.64. The first-order valence-corrected chi connectivity index (χ1v) is 10.4. The number of benzene rings is 1. The van der Waals surface area contributed by atoms with Gasteiger partial charge in [-0.3, -0.25) is 9.78 Å². The molecule has 0 bridgehead atoms. The Morgan fingerprint density at radius 1 is 1.00 bits per heavy atom. The second-order valence-corrected chi connectivity index (χ2v) is 8.02. The molecule has 7 nitrogen and oxygen atoms in total. The minimum absolute atomic E-state index is 0.0495. The van der Waals surface area contributed by atoms with E-state index >= 15 is 0 Å². The highest BCUT2D eigenvalue weighted by Gasteiger charge is 2.15. The van der Waals surface area contributed by atoms with E-state index in [0.717, 1.165) is 45.6 Å². The molecule has 0 atom stereocenters. The van der Waals surface area contributed by atoms with Gasteiger partial charge < -0.3 is 19.5 Å². The highest BCUT2D eigenvalue weighted by Crippen LogP contribution is 2.35. The Bertz CT molecular complexity index is 1250. The van der Waals surface area contributed by atoms with E-state index in [0.29, 0.717) is 12.1 Å². The van der Waals surface area contributed by atoms with Crippen LogP contribution >= 0.6 is 0 Å². The zero-order valence-corrected chi connectivity index (χ0v) is 18.8. The second-order valence-electron chi connectivity index (χ2n) is 8.02.